The minimum atomic E-state index is -0.706. The van der Waals surface area contributed by atoms with Crippen LogP contribution in [0.5, 0.6) is 5.75 Å². The summed E-state index contributed by atoms with van der Waals surface area (Å²) in [6.45, 7) is 3.73. The Bertz CT molecular complexity index is 1320. The van der Waals surface area contributed by atoms with Crippen LogP contribution in [0.2, 0.25) is 0 Å². The monoisotopic (exact) mass is 651 g/mol. The summed E-state index contributed by atoms with van der Waals surface area (Å²) >= 11 is 5.61. The lowest BCUT2D eigenvalue weighted by Crippen LogP contribution is -2.26. The summed E-state index contributed by atoms with van der Waals surface area (Å²) in [5.74, 6) is 1.11. The van der Waals surface area contributed by atoms with E-state index >= 15 is 0 Å². The summed E-state index contributed by atoms with van der Waals surface area (Å²) in [6, 6.07) is 11.1. The fourth-order valence-electron chi connectivity index (χ4n) is 4.22. The highest BCUT2D eigenvalue weighted by Crippen LogP contribution is 2.32. The van der Waals surface area contributed by atoms with Gasteiger partial charge in [-0.15, -0.1) is 0 Å². The molecular weight excluding hydrogens is 625 g/mol. The standard InChI is InChI=1S/C26H27BrIN3O4/c1-3-34-26(33)16(2)35-23-12-9-17(13-21(23)28)15-29-31-24(18-7-5-4-6-8-18)30-22-11-10-19(27)14-20(22)25(31)32/h9-16,18H,3-8H2,1-2H3/t16-/m1/s1. The quantitative estimate of drug-likeness (QED) is 0.177. The SMILES string of the molecule is CCOC(=O)[C@@H](C)Oc1ccc(C=Nn2c(C3CCCCC3)nc3ccc(Br)cc3c2=O)cc1I. The van der Waals surface area contributed by atoms with E-state index in [9.17, 15) is 9.59 Å². The Kier molecular flexibility index (Phi) is 8.59. The van der Waals surface area contributed by atoms with Gasteiger partial charge in [-0.1, -0.05) is 35.2 Å². The molecule has 2 aromatic carbocycles. The van der Waals surface area contributed by atoms with Crippen molar-refractivity contribution in [2.75, 3.05) is 6.61 Å². The second kappa shape index (κ2) is 11.6. The lowest BCUT2D eigenvalue weighted by Gasteiger charge is -2.22. The van der Waals surface area contributed by atoms with Gasteiger partial charge in [0.25, 0.3) is 5.56 Å². The lowest BCUT2D eigenvalue weighted by molar-refractivity contribution is -0.150. The Hall–Kier alpha value is -2.27. The van der Waals surface area contributed by atoms with Crippen molar-refractivity contribution in [3.05, 3.63) is 66.2 Å². The molecule has 7 nitrogen and oxygen atoms in total. The molecule has 0 saturated heterocycles. The molecule has 1 aliphatic carbocycles. The summed E-state index contributed by atoms with van der Waals surface area (Å²) < 4.78 is 13.9. The van der Waals surface area contributed by atoms with Crippen LogP contribution < -0.4 is 10.3 Å². The number of rotatable bonds is 7. The number of hydrogen-bond donors (Lipinski definition) is 0. The van der Waals surface area contributed by atoms with Crippen molar-refractivity contribution in [1.29, 1.82) is 0 Å². The average molecular weight is 652 g/mol. The van der Waals surface area contributed by atoms with E-state index in [2.05, 4.69) is 43.6 Å². The number of halogens is 2. The van der Waals surface area contributed by atoms with Crippen molar-refractivity contribution in [2.45, 2.75) is 58.0 Å². The van der Waals surface area contributed by atoms with E-state index in [0.717, 1.165) is 45.1 Å². The number of carbonyl (C=O) groups is 1. The van der Waals surface area contributed by atoms with Crippen LogP contribution in [0.15, 0.2) is 50.8 Å². The van der Waals surface area contributed by atoms with Crippen molar-refractivity contribution in [3.63, 3.8) is 0 Å². The molecule has 0 bridgehead atoms. The number of ether oxygens (including phenoxy) is 2. The average Bonchev–Trinajstić information content (AvgIpc) is 2.86. The second-order valence-corrected chi connectivity index (χ2v) is 10.6. The maximum absolute atomic E-state index is 13.4. The van der Waals surface area contributed by atoms with Crippen molar-refractivity contribution in [3.8, 4) is 5.75 Å². The molecule has 4 rings (SSSR count). The number of fused-ring (bicyclic) bond motifs is 1. The molecule has 1 aromatic heterocycles. The Balaban J connectivity index is 1.66. The smallest absolute Gasteiger partial charge is 0.347 e. The molecule has 0 unspecified atom stereocenters. The Morgan fingerprint density at radius 3 is 2.74 bits per heavy atom. The Morgan fingerprint density at radius 1 is 1.26 bits per heavy atom. The molecule has 1 heterocycles. The summed E-state index contributed by atoms with van der Waals surface area (Å²) in [7, 11) is 0. The summed E-state index contributed by atoms with van der Waals surface area (Å²) in [6.07, 6.45) is 6.45. The predicted molar refractivity (Wildman–Crippen MR) is 148 cm³/mol. The molecular formula is C26H27BrIN3O4. The highest BCUT2D eigenvalue weighted by Gasteiger charge is 2.22. The molecule has 184 valence electrons. The fraction of sp³-hybridized carbons (Fsp3) is 0.385. The third-order valence-electron chi connectivity index (χ3n) is 6.00. The molecule has 9 heteroatoms. The number of nitrogens with zero attached hydrogens (tertiary/aromatic N) is 3. The molecule has 0 radical (unpaired) electrons. The van der Waals surface area contributed by atoms with E-state index in [1.165, 1.54) is 11.1 Å². The van der Waals surface area contributed by atoms with Crippen molar-refractivity contribution >= 4 is 61.6 Å². The highest BCUT2D eigenvalue weighted by atomic mass is 127. The van der Waals surface area contributed by atoms with Gasteiger partial charge in [0.05, 0.1) is 27.3 Å². The van der Waals surface area contributed by atoms with E-state index in [-0.39, 0.29) is 11.5 Å². The maximum atomic E-state index is 13.4. The Morgan fingerprint density at radius 2 is 2.03 bits per heavy atom. The van der Waals surface area contributed by atoms with Gasteiger partial charge in [-0.05, 0) is 91.2 Å². The summed E-state index contributed by atoms with van der Waals surface area (Å²) in [5, 5.41) is 5.13. The molecule has 0 aliphatic heterocycles. The van der Waals surface area contributed by atoms with Gasteiger partial charge >= 0.3 is 5.97 Å². The number of esters is 1. The van der Waals surface area contributed by atoms with Crippen LogP contribution in [0, 0.1) is 3.57 Å². The Labute approximate surface area is 226 Å². The summed E-state index contributed by atoms with van der Waals surface area (Å²) in [5.41, 5.74) is 1.32. The van der Waals surface area contributed by atoms with E-state index < -0.39 is 12.1 Å². The lowest BCUT2D eigenvalue weighted by atomic mass is 9.88. The molecule has 35 heavy (non-hydrogen) atoms. The third-order valence-corrected chi connectivity index (χ3v) is 7.34. The molecule has 1 fully saturated rings. The number of benzene rings is 2. The van der Waals surface area contributed by atoms with E-state index in [1.807, 2.05) is 24.3 Å². The van der Waals surface area contributed by atoms with Crippen molar-refractivity contribution in [2.24, 2.45) is 5.10 Å². The van der Waals surface area contributed by atoms with Crippen LogP contribution in [-0.4, -0.2) is 34.6 Å². The molecule has 0 spiro atoms. The molecule has 3 aromatic rings. The summed E-state index contributed by atoms with van der Waals surface area (Å²) in [4.78, 5) is 30.2. The van der Waals surface area contributed by atoms with Crippen molar-refractivity contribution in [1.82, 2.24) is 9.66 Å². The molecule has 1 saturated carbocycles. The molecule has 0 amide bonds. The normalized spacial score (nSPS) is 15.4. The maximum Gasteiger partial charge on any atom is 0.347 e. The minimum absolute atomic E-state index is 0.175. The van der Waals surface area contributed by atoms with Gasteiger partial charge in [0.1, 0.15) is 11.6 Å². The zero-order chi connectivity index (χ0) is 24.9. The molecule has 0 N–H and O–H groups in total. The fourth-order valence-corrected chi connectivity index (χ4v) is 5.25. The second-order valence-electron chi connectivity index (χ2n) is 8.53. The van der Waals surface area contributed by atoms with Gasteiger partial charge in [0.15, 0.2) is 6.10 Å². The van der Waals surface area contributed by atoms with Gasteiger partial charge in [0.2, 0.25) is 0 Å². The zero-order valence-corrected chi connectivity index (χ0v) is 23.4. The number of hydrogen-bond acceptors (Lipinski definition) is 6. The first kappa shape index (κ1) is 25.8. The van der Waals surface area contributed by atoms with Crippen LogP contribution in [0.25, 0.3) is 10.9 Å². The first-order chi connectivity index (χ1) is 16.9. The minimum Gasteiger partial charge on any atom is -0.478 e. The topological polar surface area (TPSA) is 82.8 Å². The van der Waals surface area contributed by atoms with Gasteiger partial charge < -0.3 is 9.47 Å². The predicted octanol–water partition coefficient (Wildman–Crippen LogP) is 6.02. The first-order valence-corrected chi connectivity index (χ1v) is 13.6. The third kappa shape index (κ3) is 6.11. The number of aromatic nitrogens is 2. The van der Waals surface area contributed by atoms with E-state index in [1.54, 1.807) is 32.2 Å². The van der Waals surface area contributed by atoms with Gasteiger partial charge in [-0.25, -0.2) is 9.78 Å². The van der Waals surface area contributed by atoms with Crippen LogP contribution in [-0.2, 0) is 9.53 Å². The van der Waals surface area contributed by atoms with Crippen LogP contribution in [0.4, 0.5) is 0 Å². The van der Waals surface area contributed by atoms with Crippen LogP contribution in [0.1, 0.15) is 63.3 Å². The first-order valence-electron chi connectivity index (χ1n) is 11.8. The van der Waals surface area contributed by atoms with Crippen molar-refractivity contribution < 1.29 is 14.3 Å². The zero-order valence-electron chi connectivity index (χ0n) is 19.7. The largest absolute Gasteiger partial charge is 0.478 e. The molecule has 1 atom stereocenters. The van der Waals surface area contributed by atoms with E-state index in [4.69, 9.17) is 14.5 Å². The van der Waals surface area contributed by atoms with Crippen LogP contribution in [0.3, 0.4) is 0 Å². The van der Waals surface area contributed by atoms with Crippen LogP contribution >= 0.6 is 38.5 Å². The number of carbonyl (C=O) groups excluding carboxylic acids is 1. The highest BCUT2D eigenvalue weighted by molar-refractivity contribution is 14.1. The van der Waals surface area contributed by atoms with Gasteiger partial charge in [-0.2, -0.15) is 9.78 Å². The van der Waals surface area contributed by atoms with E-state index in [0.29, 0.717) is 23.3 Å². The van der Waals surface area contributed by atoms with Gasteiger partial charge in [-0.3, -0.25) is 4.79 Å². The van der Waals surface area contributed by atoms with Gasteiger partial charge in [0, 0.05) is 10.4 Å². The molecule has 1 aliphatic rings.